The van der Waals surface area contributed by atoms with Crippen molar-refractivity contribution in [2.75, 3.05) is 13.2 Å². The number of allylic oxidation sites excluding steroid dienone is 4. The molecule has 0 bridgehead atoms. The maximum atomic E-state index is 10.8. The number of para-hydroxylation sites is 1. The van der Waals surface area contributed by atoms with Crippen LogP contribution in [-0.2, 0) is 9.53 Å². The summed E-state index contributed by atoms with van der Waals surface area (Å²) in [5.74, 6) is 0.731. The molecule has 0 amide bonds. The van der Waals surface area contributed by atoms with E-state index in [9.17, 15) is 4.79 Å². The Morgan fingerprint density at radius 2 is 2.00 bits per heavy atom. The van der Waals surface area contributed by atoms with E-state index in [1.54, 1.807) is 6.92 Å². The highest BCUT2D eigenvalue weighted by Crippen LogP contribution is 2.34. The average Bonchev–Trinajstić information content (AvgIpc) is 2.65. The topological polar surface area (TPSA) is 35.5 Å². The first-order valence-corrected chi connectivity index (χ1v) is 8.68. The largest absolute Gasteiger partial charge is 0.492 e. The smallest absolute Gasteiger partial charge is 0.330 e. The minimum atomic E-state index is -0.275. The molecule has 0 atom stereocenters. The van der Waals surface area contributed by atoms with Crippen molar-refractivity contribution in [1.29, 1.82) is 0 Å². The van der Waals surface area contributed by atoms with E-state index in [0.717, 1.165) is 17.9 Å². The lowest BCUT2D eigenvalue weighted by Crippen LogP contribution is -2.17. The number of hydrogen-bond donors (Lipinski definition) is 0. The lowest BCUT2D eigenvalue weighted by Gasteiger charge is -2.18. The van der Waals surface area contributed by atoms with Crippen molar-refractivity contribution >= 4 is 11.5 Å². The predicted octanol–water partition coefficient (Wildman–Crippen LogP) is 5.58. The van der Waals surface area contributed by atoms with E-state index in [4.69, 9.17) is 9.47 Å². The first-order valence-electron chi connectivity index (χ1n) is 8.68. The Bertz CT molecular complexity index is 664. The van der Waals surface area contributed by atoms with Gasteiger partial charge in [0.2, 0.25) is 0 Å². The summed E-state index contributed by atoms with van der Waals surface area (Å²) in [6.45, 7) is 13.3. The summed E-state index contributed by atoms with van der Waals surface area (Å²) >= 11 is 0. The molecule has 0 fully saturated rings. The molecule has 0 aromatic heterocycles. The standard InChI is InChI=1S/C13H16O.C9H14O2/c1-10-8-13(2,3)9-14-12-7-5-4-6-11(10)12;1-4-6-8(3)7-9(10)11-5-2/h4-8H,9H2,1-3H3;4,6-7H,5H2,1-3H3/b;6-4+,8-7+. The number of benzene rings is 1. The maximum Gasteiger partial charge on any atom is 0.330 e. The molecule has 0 saturated heterocycles. The second-order valence-electron chi connectivity index (χ2n) is 6.74. The van der Waals surface area contributed by atoms with Crippen molar-refractivity contribution in [3.05, 3.63) is 59.7 Å². The molecule has 0 unspecified atom stereocenters. The number of carbonyl (C=O) groups excluding carboxylic acids is 1. The van der Waals surface area contributed by atoms with Gasteiger partial charge in [-0.1, -0.05) is 50.3 Å². The van der Waals surface area contributed by atoms with Crippen molar-refractivity contribution in [1.82, 2.24) is 0 Å². The zero-order valence-corrected chi connectivity index (χ0v) is 16.3. The lowest BCUT2D eigenvalue weighted by atomic mass is 9.91. The maximum absolute atomic E-state index is 10.8. The van der Waals surface area contributed by atoms with E-state index < -0.39 is 0 Å². The van der Waals surface area contributed by atoms with Crippen molar-refractivity contribution in [2.45, 2.75) is 41.5 Å². The molecule has 1 aliphatic rings. The van der Waals surface area contributed by atoms with Gasteiger partial charge in [-0.25, -0.2) is 4.79 Å². The SMILES string of the molecule is C/C=C/C(C)=C/C(=O)OCC.CC1=CC(C)(C)COc2ccccc21. The van der Waals surface area contributed by atoms with Gasteiger partial charge in [0.25, 0.3) is 0 Å². The molecule has 1 aliphatic heterocycles. The third-order valence-electron chi connectivity index (χ3n) is 3.58. The lowest BCUT2D eigenvalue weighted by molar-refractivity contribution is -0.137. The van der Waals surface area contributed by atoms with Crippen LogP contribution in [0, 0.1) is 5.41 Å². The summed E-state index contributed by atoms with van der Waals surface area (Å²) in [7, 11) is 0. The van der Waals surface area contributed by atoms with Crippen LogP contribution in [0.3, 0.4) is 0 Å². The normalized spacial score (nSPS) is 15.9. The highest BCUT2D eigenvalue weighted by atomic mass is 16.5. The fourth-order valence-corrected chi connectivity index (χ4v) is 2.57. The molecule has 0 N–H and O–H groups in total. The molecular weight excluding hydrogens is 312 g/mol. The minimum absolute atomic E-state index is 0.128. The summed E-state index contributed by atoms with van der Waals surface area (Å²) in [4.78, 5) is 10.8. The predicted molar refractivity (Wildman–Crippen MR) is 105 cm³/mol. The van der Waals surface area contributed by atoms with Crippen LogP contribution in [-0.4, -0.2) is 19.2 Å². The zero-order chi connectivity index (χ0) is 18.9. The van der Waals surface area contributed by atoms with Gasteiger partial charge in [-0.05, 0) is 44.9 Å². The van der Waals surface area contributed by atoms with E-state index in [0.29, 0.717) is 6.61 Å². The Kier molecular flexibility index (Phi) is 8.20. The van der Waals surface area contributed by atoms with Gasteiger partial charge in [0.05, 0.1) is 13.2 Å². The fraction of sp³-hybridized carbons (Fsp3) is 0.409. The fourth-order valence-electron chi connectivity index (χ4n) is 2.57. The van der Waals surface area contributed by atoms with Gasteiger partial charge in [0.1, 0.15) is 5.75 Å². The average molecular weight is 342 g/mol. The van der Waals surface area contributed by atoms with Crippen LogP contribution >= 0.6 is 0 Å². The van der Waals surface area contributed by atoms with Gasteiger partial charge in [-0.15, -0.1) is 0 Å². The molecule has 2 rings (SSSR count). The molecule has 0 saturated carbocycles. The number of esters is 1. The Morgan fingerprint density at radius 3 is 2.64 bits per heavy atom. The summed E-state index contributed by atoms with van der Waals surface area (Å²) in [5, 5.41) is 0. The van der Waals surface area contributed by atoms with Crippen LogP contribution in [0.1, 0.15) is 47.1 Å². The first-order chi connectivity index (χ1) is 11.8. The first kappa shape index (κ1) is 20.8. The van der Waals surface area contributed by atoms with Gasteiger partial charge in [-0.3, -0.25) is 0 Å². The molecule has 3 nitrogen and oxygen atoms in total. The van der Waals surface area contributed by atoms with Crippen molar-refractivity contribution < 1.29 is 14.3 Å². The van der Waals surface area contributed by atoms with Crippen molar-refractivity contribution in [3.8, 4) is 5.75 Å². The third-order valence-corrected chi connectivity index (χ3v) is 3.58. The van der Waals surface area contributed by atoms with Crippen molar-refractivity contribution in [3.63, 3.8) is 0 Å². The van der Waals surface area contributed by atoms with Crippen LogP contribution in [0.15, 0.2) is 54.1 Å². The monoisotopic (exact) mass is 342 g/mol. The second kappa shape index (κ2) is 9.87. The van der Waals surface area contributed by atoms with E-state index in [1.807, 2.05) is 38.1 Å². The molecule has 136 valence electrons. The Balaban J connectivity index is 0.000000260. The number of carbonyl (C=O) groups is 1. The van der Waals surface area contributed by atoms with Gasteiger partial charge < -0.3 is 9.47 Å². The molecule has 1 heterocycles. The van der Waals surface area contributed by atoms with Crippen molar-refractivity contribution in [2.24, 2.45) is 5.41 Å². The molecule has 3 heteroatoms. The zero-order valence-electron chi connectivity index (χ0n) is 16.3. The van der Waals surface area contributed by atoms with E-state index in [-0.39, 0.29) is 11.4 Å². The number of hydrogen-bond acceptors (Lipinski definition) is 3. The summed E-state index contributed by atoms with van der Waals surface area (Å²) in [6, 6.07) is 8.22. The molecule has 0 aliphatic carbocycles. The summed E-state index contributed by atoms with van der Waals surface area (Å²) < 4.78 is 10.5. The van der Waals surface area contributed by atoms with Gasteiger partial charge >= 0.3 is 5.97 Å². The Hall–Kier alpha value is -2.29. The quantitative estimate of drug-likeness (QED) is 0.408. The molecular formula is C22H30O3. The van der Waals surface area contributed by atoms with Gasteiger partial charge in [0, 0.05) is 17.1 Å². The van der Waals surface area contributed by atoms with Crippen LogP contribution in [0.4, 0.5) is 0 Å². The van der Waals surface area contributed by atoms with E-state index in [1.165, 1.54) is 17.2 Å². The molecule has 25 heavy (non-hydrogen) atoms. The van der Waals surface area contributed by atoms with E-state index in [2.05, 4.69) is 39.0 Å². The number of fused-ring (bicyclic) bond motifs is 1. The number of rotatable bonds is 3. The van der Waals surface area contributed by atoms with Crippen LogP contribution < -0.4 is 4.74 Å². The van der Waals surface area contributed by atoms with Crippen LogP contribution in [0.25, 0.3) is 5.57 Å². The van der Waals surface area contributed by atoms with Crippen LogP contribution in [0.5, 0.6) is 5.75 Å². The molecule has 0 radical (unpaired) electrons. The summed E-state index contributed by atoms with van der Waals surface area (Å²) in [5.41, 5.74) is 3.57. The Morgan fingerprint density at radius 1 is 1.32 bits per heavy atom. The molecule has 1 aromatic carbocycles. The highest BCUT2D eigenvalue weighted by Gasteiger charge is 2.21. The molecule has 1 aromatic rings. The third kappa shape index (κ3) is 7.42. The van der Waals surface area contributed by atoms with Crippen LogP contribution in [0.2, 0.25) is 0 Å². The van der Waals surface area contributed by atoms with E-state index >= 15 is 0 Å². The Labute approximate surface area is 152 Å². The molecule has 0 spiro atoms. The second-order valence-corrected chi connectivity index (χ2v) is 6.74. The van der Waals surface area contributed by atoms with Gasteiger partial charge in [0.15, 0.2) is 0 Å². The number of ether oxygens (including phenoxy) is 2. The summed E-state index contributed by atoms with van der Waals surface area (Å²) in [6.07, 6.45) is 7.50. The van der Waals surface area contributed by atoms with Gasteiger partial charge in [-0.2, -0.15) is 0 Å². The minimum Gasteiger partial charge on any atom is -0.492 e. The highest BCUT2D eigenvalue weighted by molar-refractivity contribution is 5.83.